The van der Waals surface area contributed by atoms with Crippen LogP contribution < -0.4 is 14.8 Å². The summed E-state index contributed by atoms with van der Waals surface area (Å²) in [5.41, 5.74) is 1.11. The number of nitrogens with zero attached hydrogens (tertiary/aromatic N) is 1. The predicted octanol–water partition coefficient (Wildman–Crippen LogP) is 3.12. The topological polar surface area (TPSA) is 54.3 Å². The summed E-state index contributed by atoms with van der Waals surface area (Å²) in [6.45, 7) is 6.66. The van der Waals surface area contributed by atoms with Crippen molar-refractivity contribution in [1.82, 2.24) is 5.32 Å². The van der Waals surface area contributed by atoms with Gasteiger partial charge in [0.2, 0.25) is 0 Å². The molecule has 0 radical (unpaired) electrons. The number of unbranched alkanes of at least 4 members (excludes halogenated alkanes) is 1. The maximum atomic E-state index is 8.53. The van der Waals surface area contributed by atoms with Crippen molar-refractivity contribution >= 4 is 0 Å². The number of benzene rings is 1. The molecule has 1 N–H and O–H groups in total. The van der Waals surface area contributed by atoms with Gasteiger partial charge in [0.25, 0.3) is 0 Å². The van der Waals surface area contributed by atoms with Crippen molar-refractivity contribution in [2.45, 2.75) is 33.2 Å². The molecule has 0 heterocycles. The van der Waals surface area contributed by atoms with Crippen molar-refractivity contribution in [1.29, 1.82) is 5.26 Å². The second-order valence-electron chi connectivity index (χ2n) is 5.11. The SMILES string of the molecule is COc1ccc(CNCC(C)C)c(OCCCC#N)c1. The number of hydrogen-bond acceptors (Lipinski definition) is 4. The minimum Gasteiger partial charge on any atom is -0.497 e. The fourth-order valence-corrected chi connectivity index (χ4v) is 1.77. The van der Waals surface area contributed by atoms with Gasteiger partial charge >= 0.3 is 0 Å². The van der Waals surface area contributed by atoms with E-state index in [1.165, 1.54) is 0 Å². The van der Waals surface area contributed by atoms with Crippen LogP contribution in [0.25, 0.3) is 0 Å². The lowest BCUT2D eigenvalue weighted by atomic mass is 10.1. The van der Waals surface area contributed by atoms with Gasteiger partial charge < -0.3 is 14.8 Å². The van der Waals surface area contributed by atoms with Crippen LogP contribution in [0.3, 0.4) is 0 Å². The first-order chi connectivity index (χ1) is 9.67. The molecule has 0 bridgehead atoms. The summed E-state index contributed by atoms with van der Waals surface area (Å²) in [5, 5.41) is 11.9. The van der Waals surface area contributed by atoms with Crippen LogP contribution in [0.2, 0.25) is 0 Å². The molecule has 1 rings (SSSR count). The molecule has 0 fully saturated rings. The molecule has 0 saturated carbocycles. The molecule has 0 aromatic heterocycles. The maximum absolute atomic E-state index is 8.53. The number of ether oxygens (including phenoxy) is 2. The molecule has 0 unspecified atom stereocenters. The van der Waals surface area contributed by atoms with Crippen molar-refractivity contribution in [2.24, 2.45) is 5.92 Å². The first-order valence-corrected chi connectivity index (χ1v) is 7.04. The van der Waals surface area contributed by atoms with Gasteiger partial charge in [0.05, 0.1) is 19.8 Å². The number of nitrogens with one attached hydrogen (secondary N) is 1. The Balaban J connectivity index is 2.63. The molecule has 4 heteroatoms. The van der Waals surface area contributed by atoms with Crippen LogP contribution in [0, 0.1) is 17.2 Å². The van der Waals surface area contributed by atoms with Crippen molar-refractivity contribution in [3.63, 3.8) is 0 Å². The van der Waals surface area contributed by atoms with E-state index >= 15 is 0 Å². The molecule has 0 spiro atoms. The fourth-order valence-electron chi connectivity index (χ4n) is 1.77. The van der Waals surface area contributed by atoms with Crippen LogP contribution in [0.1, 0.15) is 32.3 Å². The molecular formula is C16H24N2O2. The second kappa shape index (κ2) is 9.22. The third-order valence-electron chi connectivity index (χ3n) is 2.83. The van der Waals surface area contributed by atoms with E-state index in [1.807, 2.05) is 18.2 Å². The zero-order valence-corrected chi connectivity index (χ0v) is 12.6. The summed E-state index contributed by atoms with van der Waals surface area (Å²) in [5.74, 6) is 2.24. The van der Waals surface area contributed by atoms with Crippen LogP contribution in [-0.2, 0) is 6.54 Å². The Labute approximate surface area is 121 Å². The van der Waals surface area contributed by atoms with Gasteiger partial charge in [-0.05, 0) is 24.9 Å². The van der Waals surface area contributed by atoms with E-state index in [0.29, 0.717) is 18.9 Å². The van der Waals surface area contributed by atoms with Gasteiger partial charge in [0.15, 0.2) is 0 Å². The molecule has 20 heavy (non-hydrogen) atoms. The number of hydrogen-bond donors (Lipinski definition) is 1. The van der Waals surface area contributed by atoms with Gasteiger partial charge in [-0.3, -0.25) is 0 Å². The third kappa shape index (κ3) is 5.94. The fraction of sp³-hybridized carbons (Fsp3) is 0.562. The second-order valence-corrected chi connectivity index (χ2v) is 5.11. The molecule has 0 saturated heterocycles. The quantitative estimate of drug-likeness (QED) is 0.704. The molecule has 1 aromatic rings. The van der Waals surface area contributed by atoms with Gasteiger partial charge in [-0.15, -0.1) is 0 Å². The lowest BCUT2D eigenvalue weighted by molar-refractivity contribution is 0.306. The summed E-state index contributed by atoms with van der Waals surface area (Å²) in [7, 11) is 1.64. The predicted molar refractivity (Wildman–Crippen MR) is 79.9 cm³/mol. The van der Waals surface area contributed by atoms with Crippen LogP contribution >= 0.6 is 0 Å². The molecular weight excluding hydrogens is 252 g/mol. The first-order valence-electron chi connectivity index (χ1n) is 7.04. The van der Waals surface area contributed by atoms with E-state index in [9.17, 15) is 0 Å². The van der Waals surface area contributed by atoms with Crippen LogP contribution in [-0.4, -0.2) is 20.3 Å². The molecule has 0 aliphatic rings. The first kappa shape index (κ1) is 16.3. The van der Waals surface area contributed by atoms with Gasteiger partial charge in [-0.2, -0.15) is 5.26 Å². The van der Waals surface area contributed by atoms with E-state index in [-0.39, 0.29) is 0 Å². The lowest BCUT2D eigenvalue weighted by Crippen LogP contribution is -2.19. The summed E-state index contributed by atoms with van der Waals surface area (Å²) < 4.78 is 11.0. The molecule has 4 nitrogen and oxygen atoms in total. The molecule has 0 aliphatic carbocycles. The zero-order valence-electron chi connectivity index (χ0n) is 12.6. The number of nitriles is 1. The van der Waals surface area contributed by atoms with Gasteiger partial charge in [0.1, 0.15) is 11.5 Å². The Kier molecular flexibility index (Phi) is 7.52. The van der Waals surface area contributed by atoms with Crippen LogP contribution in [0.4, 0.5) is 0 Å². The van der Waals surface area contributed by atoms with E-state index in [1.54, 1.807) is 7.11 Å². The average Bonchev–Trinajstić information content (AvgIpc) is 2.44. The zero-order chi connectivity index (χ0) is 14.8. The molecule has 0 atom stereocenters. The largest absolute Gasteiger partial charge is 0.497 e. The maximum Gasteiger partial charge on any atom is 0.127 e. The Morgan fingerprint density at radius 3 is 2.80 bits per heavy atom. The average molecular weight is 276 g/mol. The lowest BCUT2D eigenvalue weighted by Gasteiger charge is -2.14. The van der Waals surface area contributed by atoms with E-state index in [0.717, 1.165) is 36.6 Å². The van der Waals surface area contributed by atoms with Crippen molar-refractivity contribution in [3.8, 4) is 17.6 Å². The van der Waals surface area contributed by atoms with E-state index < -0.39 is 0 Å². The number of rotatable bonds is 9. The summed E-state index contributed by atoms with van der Waals surface area (Å²) in [6, 6.07) is 7.98. The minimum absolute atomic E-state index is 0.519. The van der Waals surface area contributed by atoms with E-state index in [2.05, 4.69) is 25.2 Å². The monoisotopic (exact) mass is 276 g/mol. The number of methoxy groups -OCH3 is 1. The normalized spacial score (nSPS) is 10.3. The molecule has 1 aromatic carbocycles. The van der Waals surface area contributed by atoms with Gasteiger partial charge in [-0.1, -0.05) is 19.9 Å². The highest BCUT2D eigenvalue weighted by molar-refractivity contribution is 5.40. The Morgan fingerprint density at radius 1 is 1.35 bits per heavy atom. The van der Waals surface area contributed by atoms with Crippen molar-refractivity contribution in [2.75, 3.05) is 20.3 Å². The summed E-state index contributed by atoms with van der Waals surface area (Å²) >= 11 is 0. The molecule has 0 aliphatic heterocycles. The van der Waals surface area contributed by atoms with E-state index in [4.69, 9.17) is 14.7 Å². The van der Waals surface area contributed by atoms with Gasteiger partial charge in [-0.25, -0.2) is 0 Å². The highest BCUT2D eigenvalue weighted by Gasteiger charge is 2.06. The highest BCUT2D eigenvalue weighted by Crippen LogP contribution is 2.25. The Bertz CT molecular complexity index is 439. The Morgan fingerprint density at radius 2 is 2.15 bits per heavy atom. The summed E-state index contributed by atoms with van der Waals surface area (Å²) in [6.07, 6.45) is 1.26. The molecule has 0 amide bonds. The van der Waals surface area contributed by atoms with Gasteiger partial charge in [0, 0.05) is 24.6 Å². The van der Waals surface area contributed by atoms with Crippen molar-refractivity contribution < 1.29 is 9.47 Å². The smallest absolute Gasteiger partial charge is 0.127 e. The van der Waals surface area contributed by atoms with Crippen molar-refractivity contribution in [3.05, 3.63) is 23.8 Å². The Hall–Kier alpha value is -1.73. The van der Waals surface area contributed by atoms with Crippen LogP contribution in [0.15, 0.2) is 18.2 Å². The third-order valence-corrected chi connectivity index (χ3v) is 2.83. The van der Waals surface area contributed by atoms with Crippen LogP contribution in [0.5, 0.6) is 11.5 Å². The molecule has 110 valence electrons. The standard InChI is InChI=1S/C16H24N2O2/c1-13(2)11-18-12-14-6-7-15(19-3)10-16(14)20-9-5-4-8-17/h6-7,10,13,18H,4-5,9,11-12H2,1-3H3. The summed E-state index contributed by atoms with van der Waals surface area (Å²) in [4.78, 5) is 0. The minimum atomic E-state index is 0.519. The highest BCUT2D eigenvalue weighted by atomic mass is 16.5.